The average molecular weight is 467 g/mol. The number of benzene rings is 5. The number of rotatable bonds is 6. The molecule has 168 valence electrons. The maximum absolute atomic E-state index is 2.42. The van der Waals surface area contributed by atoms with Crippen LogP contribution in [0.15, 0.2) is 133 Å². The summed E-state index contributed by atoms with van der Waals surface area (Å²) in [4.78, 5) is 1.40. The van der Waals surface area contributed by atoms with Gasteiger partial charge in [-0.2, -0.15) is 0 Å². The highest BCUT2D eigenvalue weighted by Gasteiger charge is 2.19. The fourth-order valence-electron chi connectivity index (χ4n) is 4.93. The van der Waals surface area contributed by atoms with Gasteiger partial charge >= 0.3 is 0 Å². The van der Waals surface area contributed by atoms with Crippen molar-refractivity contribution in [3.05, 3.63) is 155 Å². The molecule has 5 aromatic carbocycles. The predicted octanol–water partition coefficient (Wildman–Crippen LogP) is 9.42. The summed E-state index contributed by atoms with van der Waals surface area (Å²) < 4.78 is 1.38. The molecule has 0 fully saturated rings. The smallest absolute Gasteiger partial charge is 0.0427 e. The Bertz CT molecular complexity index is 1550. The first-order valence-electron chi connectivity index (χ1n) is 12.1. The van der Waals surface area contributed by atoms with Crippen molar-refractivity contribution < 1.29 is 0 Å². The summed E-state index contributed by atoms with van der Waals surface area (Å²) in [5, 5.41) is 1.33. The van der Waals surface area contributed by atoms with E-state index in [0.29, 0.717) is 0 Å². The van der Waals surface area contributed by atoms with Crippen LogP contribution >= 0.6 is 11.3 Å². The standard InChI is InChI=1S/C34H26S/c1-5-13-25(14-6-1)21-30-23-29-24-31(27-17-9-3-10-18-27)32(22-26-15-7-2-8-16-26)33(34(29)35-30)28-19-11-4-12-20-28/h1-20,23-24H,21-22H2. The lowest BCUT2D eigenvalue weighted by molar-refractivity contribution is 1.20. The van der Waals surface area contributed by atoms with Crippen LogP contribution in [0.3, 0.4) is 0 Å². The van der Waals surface area contributed by atoms with Crippen LogP contribution in [0, 0.1) is 0 Å². The van der Waals surface area contributed by atoms with E-state index < -0.39 is 0 Å². The normalized spacial score (nSPS) is 11.1. The quantitative estimate of drug-likeness (QED) is 0.229. The maximum Gasteiger partial charge on any atom is 0.0427 e. The predicted molar refractivity (Wildman–Crippen MR) is 151 cm³/mol. The second kappa shape index (κ2) is 9.74. The number of hydrogen-bond donors (Lipinski definition) is 0. The minimum absolute atomic E-state index is 0.900. The van der Waals surface area contributed by atoms with E-state index in [-0.39, 0.29) is 0 Å². The zero-order valence-corrected chi connectivity index (χ0v) is 20.3. The monoisotopic (exact) mass is 466 g/mol. The van der Waals surface area contributed by atoms with Gasteiger partial charge in [0.25, 0.3) is 0 Å². The first kappa shape index (κ1) is 21.6. The molecule has 6 rings (SSSR count). The van der Waals surface area contributed by atoms with Gasteiger partial charge < -0.3 is 0 Å². The van der Waals surface area contributed by atoms with Crippen LogP contribution in [0.1, 0.15) is 21.6 Å². The summed E-state index contributed by atoms with van der Waals surface area (Å²) >= 11 is 1.94. The fraction of sp³-hybridized carbons (Fsp3) is 0.0588. The zero-order valence-electron chi connectivity index (χ0n) is 19.5. The second-order valence-corrected chi connectivity index (χ2v) is 10.1. The minimum Gasteiger partial charge on any atom is -0.139 e. The summed E-state index contributed by atoms with van der Waals surface area (Å²) in [5.41, 5.74) is 9.34. The summed E-state index contributed by atoms with van der Waals surface area (Å²) in [6.07, 6.45) is 1.86. The van der Waals surface area contributed by atoms with Crippen molar-refractivity contribution >= 4 is 21.4 Å². The molecule has 0 saturated carbocycles. The van der Waals surface area contributed by atoms with Crippen LogP contribution in [0.4, 0.5) is 0 Å². The highest BCUT2D eigenvalue weighted by molar-refractivity contribution is 7.19. The SMILES string of the molecule is c1ccc(Cc2cc3cc(-c4ccccc4)c(Cc4ccccc4)c(-c4ccccc4)c3s2)cc1. The van der Waals surface area contributed by atoms with E-state index >= 15 is 0 Å². The highest BCUT2D eigenvalue weighted by Crippen LogP contribution is 2.43. The molecule has 1 heterocycles. The van der Waals surface area contributed by atoms with Crippen LogP contribution in [0.25, 0.3) is 32.3 Å². The molecule has 0 N–H and O–H groups in total. The molecule has 0 aliphatic heterocycles. The van der Waals surface area contributed by atoms with E-state index in [1.807, 2.05) is 11.3 Å². The van der Waals surface area contributed by atoms with Crippen LogP contribution < -0.4 is 0 Å². The van der Waals surface area contributed by atoms with Crippen molar-refractivity contribution in [2.75, 3.05) is 0 Å². The van der Waals surface area contributed by atoms with Crippen molar-refractivity contribution in [3.8, 4) is 22.3 Å². The zero-order chi connectivity index (χ0) is 23.5. The molecule has 6 aromatic rings. The first-order chi connectivity index (χ1) is 17.3. The third-order valence-electron chi connectivity index (χ3n) is 6.56. The van der Waals surface area contributed by atoms with Crippen molar-refractivity contribution in [1.29, 1.82) is 0 Å². The van der Waals surface area contributed by atoms with E-state index in [1.165, 1.54) is 53.9 Å². The number of fused-ring (bicyclic) bond motifs is 1. The lowest BCUT2D eigenvalue weighted by Gasteiger charge is -2.18. The molecule has 0 unspecified atom stereocenters. The lowest BCUT2D eigenvalue weighted by atomic mass is 9.87. The van der Waals surface area contributed by atoms with Crippen molar-refractivity contribution in [1.82, 2.24) is 0 Å². The summed E-state index contributed by atoms with van der Waals surface area (Å²) in [6.45, 7) is 0. The van der Waals surface area contributed by atoms with Crippen LogP contribution in [-0.2, 0) is 12.8 Å². The minimum atomic E-state index is 0.900. The molecule has 0 saturated heterocycles. The molecule has 0 aliphatic rings. The summed E-state index contributed by atoms with van der Waals surface area (Å²) in [7, 11) is 0. The van der Waals surface area contributed by atoms with Gasteiger partial charge in [0.05, 0.1) is 0 Å². The number of thiophene rings is 1. The molecule has 0 atom stereocenters. The van der Waals surface area contributed by atoms with Gasteiger partial charge in [-0.25, -0.2) is 0 Å². The van der Waals surface area contributed by atoms with E-state index in [1.54, 1.807) is 0 Å². The van der Waals surface area contributed by atoms with Crippen molar-refractivity contribution in [2.45, 2.75) is 12.8 Å². The molecular formula is C34H26S. The Morgan fingerprint density at radius 1 is 0.486 bits per heavy atom. The molecule has 0 spiro atoms. The van der Waals surface area contributed by atoms with Gasteiger partial charge in [0, 0.05) is 21.6 Å². The maximum atomic E-state index is 2.42. The Balaban J connectivity index is 1.61. The van der Waals surface area contributed by atoms with Gasteiger partial charge in [-0.1, -0.05) is 121 Å². The largest absolute Gasteiger partial charge is 0.139 e. The van der Waals surface area contributed by atoms with Crippen LogP contribution in [-0.4, -0.2) is 0 Å². The second-order valence-electron chi connectivity index (χ2n) is 8.97. The van der Waals surface area contributed by atoms with Gasteiger partial charge in [0.1, 0.15) is 0 Å². The summed E-state index contributed by atoms with van der Waals surface area (Å²) in [5.74, 6) is 0. The Kier molecular flexibility index (Phi) is 6.00. The summed E-state index contributed by atoms with van der Waals surface area (Å²) in [6, 6.07) is 48.2. The molecule has 1 heteroatoms. The molecular weight excluding hydrogens is 440 g/mol. The highest BCUT2D eigenvalue weighted by atomic mass is 32.1. The molecule has 0 amide bonds. The third kappa shape index (κ3) is 4.56. The van der Waals surface area contributed by atoms with Crippen molar-refractivity contribution in [2.24, 2.45) is 0 Å². The Hall–Kier alpha value is -3.94. The van der Waals surface area contributed by atoms with Crippen molar-refractivity contribution in [3.63, 3.8) is 0 Å². The first-order valence-corrected chi connectivity index (χ1v) is 12.9. The van der Waals surface area contributed by atoms with Gasteiger partial charge in [-0.3, -0.25) is 0 Å². The topological polar surface area (TPSA) is 0 Å². The average Bonchev–Trinajstić information content (AvgIpc) is 3.32. The van der Waals surface area contributed by atoms with Crippen LogP contribution in [0.2, 0.25) is 0 Å². The van der Waals surface area contributed by atoms with Gasteiger partial charge in [0.2, 0.25) is 0 Å². The van der Waals surface area contributed by atoms with Crippen LogP contribution in [0.5, 0.6) is 0 Å². The van der Waals surface area contributed by atoms with Gasteiger partial charge in [0.15, 0.2) is 0 Å². The number of hydrogen-bond acceptors (Lipinski definition) is 1. The Morgan fingerprint density at radius 3 is 1.60 bits per heavy atom. The molecule has 0 aliphatic carbocycles. The third-order valence-corrected chi connectivity index (χ3v) is 7.73. The van der Waals surface area contributed by atoms with E-state index in [4.69, 9.17) is 0 Å². The van der Waals surface area contributed by atoms with E-state index in [9.17, 15) is 0 Å². The van der Waals surface area contributed by atoms with Gasteiger partial charge in [-0.05, 0) is 57.3 Å². The molecule has 1 aromatic heterocycles. The molecule has 35 heavy (non-hydrogen) atoms. The fourth-order valence-corrected chi connectivity index (χ4v) is 6.19. The Morgan fingerprint density at radius 2 is 1.00 bits per heavy atom. The van der Waals surface area contributed by atoms with E-state index in [2.05, 4.69) is 133 Å². The van der Waals surface area contributed by atoms with Gasteiger partial charge in [-0.15, -0.1) is 11.3 Å². The van der Waals surface area contributed by atoms with E-state index in [0.717, 1.165) is 12.8 Å². The molecule has 0 bridgehead atoms. The lowest BCUT2D eigenvalue weighted by Crippen LogP contribution is -1.97. The Labute approximate surface area is 211 Å². The molecule has 0 nitrogen and oxygen atoms in total. The molecule has 0 radical (unpaired) electrons.